The summed E-state index contributed by atoms with van der Waals surface area (Å²) in [5, 5.41) is 3.03. The molecule has 1 aromatic heterocycles. The van der Waals surface area contributed by atoms with Gasteiger partial charge in [0.2, 0.25) is 10.0 Å². The fourth-order valence-corrected chi connectivity index (χ4v) is 5.96. The molecule has 1 fully saturated rings. The highest BCUT2D eigenvalue weighted by molar-refractivity contribution is 7.90. The smallest absolute Gasteiger partial charge is 0.264 e. The third-order valence-electron chi connectivity index (χ3n) is 4.61. The maximum Gasteiger partial charge on any atom is 0.264 e. The average Bonchev–Trinajstić information content (AvgIpc) is 3.41. The molecule has 4 rings (SSSR count). The predicted octanol–water partition coefficient (Wildman–Crippen LogP) is 2.32. The number of hydrogen-bond donors (Lipinski definition) is 1. The van der Waals surface area contributed by atoms with Crippen molar-refractivity contribution in [2.75, 3.05) is 18.5 Å². The predicted molar refractivity (Wildman–Crippen MR) is 103 cm³/mol. The summed E-state index contributed by atoms with van der Waals surface area (Å²) in [6, 6.07) is 7.50. The summed E-state index contributed by atoms with van der Waals surface area (Å²) in [6.45, 7) is 2.66. The van der Waals surface area contributed by atoms with Gasteiger partial charge >= 0.3 is 0 Å². The van der Waals surface area contributed by atoms with E-state index in [1.54, 1.807) is 10.4 Å². The molecule has 9 heteroatoms. The van der Waals surface area contributed by atoms with Crippen LogP contribution in [0.4, 0.5) is 5.13 Å². The Hall–Kier alpha value is -1.97. The molecular weight excluding hydrogens is 386 g/mol. The van der Waals surface area contributed by atoms with Crippen molar-refractivity contribution in [2.45, 2.75) is 38.0 Å². The third-order valence-corrected chi connectivity index (χ3v) is 7.95. The van der Waals surface area contributed by atoms with Crippen LogP contribution in [0.2, 0.25) is 0 Å². The van der Waals surface area contributed by atoms with E-state index in [1.807, 2.05) is 25.1 Å². The normalized spacial score (nSPS) is 17.4. The molecular formula is C18H21N3O4S2. The molecule has 1 aromatic carbocycles. The van der Waals surface area contributed by atoms with Crippen LogP contribution < -0.4 is 10.1 Å². The number of benzene rings is 1. The summed E-state index contributed by atoms with van der Waals surface area (Å²) < 4.78 is 31.9. The van der Waals surface area contributed by atoms with E-state index < -0.39 is 10.0 Å². The molecule has 27 heavy (non-hydrogen) atoms. The fourth-order valence-electron chi connectivity index (χ4n) is 3.03. The second-order valence-electron chi connectivity index (χ2n) is 6.87. The van der Waals surface area contributed by atoms with Gasteiger partial charge in [0.25, 0.3) is 5.91 Å². The van der Waals surface area contributed by atoms with Gasteiger partial charge < -0.3 is 4.74 Å². The number of nitrogens with one attached hydrogen (secondary N) is 1. The highest BCUT2D eigenvalue weighted by Crippen LogP contribution is 2.35. The van der Waals surface area contributed by atoms with E-state index in [0.717, 1.165) is 29.0 Å². The summed E-state index contributed by atoms with van der Waals surface area (Å²) in [5.41, 5.74) is 1.93. The zero-order chi connectivity index (χ0) is 19.0. The Labute approximate surface area is 162 Å². The second-order valence-corrected chi connectivity index (χ2v) is 10.2. The van der Waals surface area contributed by atoms with Crippen LogP contribution in [0.15, 0.2) is 24.3 Å². The Morgan fingerprint density at radius 2 is 2.22 bits per heavy atom. The molecule has 0 spiro atoms. The van der Waals surface area contributed by atoms with Crippen LogP contribution in [0, 0.1) is 6.92 Å². The van der Waals surface area contributed by atoms with Crippen molar-refractivity contribution >= 4 is 32.4 Å². The zero-order valence-corrected chi connectivity index (χ0v) is 16.6. The molecule has 0 radical (unpaired) electrons. The summed E-state index contributed by atoms with van der Waals surface area (Å²) in [6.07, 6.45) is 2.10. The van der Waals surface area contributed by atoms with Crippen LogP contribution >= 0.6 is 11.3 Å². The van der Waals surface area contributed by atoms with E-state index in [2.05, 4.69) is 10.3 Å². The molecule has 7 nitrogen and oxygen atoms in total. The van der Waals surface area contributed by atoms with Gasteiger partial charge in [0.1, 0.15) is 5.75 Å². The number of fused-ring (bicyclic) bond motifs is 1. The minimum atomic E-state index is -3.18. The minimum Gasteiger partial charge on any atom is -0.484 e. The molecule has 144 valence electrons. The van der Waals surface area contributed by atoms with Crippen LogP contribution in [-0.4, -0.2) is 42.0 Å². The first kappa shape index (κ1) is 18.4. The number of hydrogen-bond acceptors (Lipinski definition) is 6. The maximum absolute atomic E-state index is 12.4. The van der Waals surface area contributed by atoms with Gasteiger partial charge in [-0.15, -0.1) is 11.3 Å². The van der Waals surface area contributed by atoms with Crippen LogP contribution in [0.5, 0.6) is 5.75 Å². The van der Waals surface area contributed by atoms with Gasteiger partial charge in [-0.25, -0.2) is 13.4 Å². The zero-order valence-electron chi connectivity index (χ0n) is 15.0. The van der Waals surface area contributed by atoms with Crippen LogP contribution in [0.1, 0.15) is 29.0 Å². The van der Waals surface area contributed by atoms with Crippen molar-refractivity contribution in [1.29, 1.82) is 0 Å². The Morgan fingerprint density at radius 1 is 1.41 bits per heavy atom. The van der Waals surface area contributed by atoms with Gasteiger partial charge in [-0.3, -0.25) is 10.1 Å². The maximum atomic E-state index is 12.4. The first-order chi connectivity index (χ1) is 12.9. The molecule has 1 N–H and O–H groups in total. The Bertz CT molecular complexity index is 967. The molecule has 0 unspecified atom stereocenters. The molecule has 1 aliphatic heterocycles. The molecule has 2 aromatic rings. The minimum absolute atomic E-state index is 0.101. The van der Waals surface area contributed by atoms with E-state index in [-0.39, 0.29) is 17.8 Å². The van der Waals surface area contributed by atoms with Crippen LogP contribution in [0.25, 0.3) is 0 Å². The van der Waals surface area contributed by atoms with Crippen LogP contribution in [0.3, 0.4) is 0 Å². The van der Waals surface area contributed by atoms with Gasteiger partial charge in [0.05, 0.1) is 10.9 Å². The number of anilines is 1. The van der Waals surface area contributed by atoms with Gasteiger partial charge in [-0.1, -0.05) is 12.1 Å². The standard InChI is InChI=1S/C18H21N3O4S2/c1-12-3-2-4-13(9-12)25-11-17(22)20-18-19-15-7-8-21(10-16(15)26-18)27(23,24)14-5-6-14/h2-4,9,14H,5-8,10-11H2,1H3,(H,19,20,22). The van der Waals surface area contributed by atoms with Crippen molar-refractivity contribution < 1.29 is 17.9 Å². The lowest BCUT2D eigenvalue weighted by molar-refractivity contribution is -0.118. The van der Waals surface area contributed by atoms with Crippen molar-refractivity contribution in [2.24, 2.45) is 0 Å². The Kier molecular flexibility index (Phi) is 4.92. The lowest BCUT2D eigenvalue weighted by atomic mass is 10.2. The van der Waals surface area contributed by atoms with Crippen molar-refractivity contribution in [3.8, 4) is 5.75 Å². The number of rotatable bonds is 6. The van der Waals surface area contributed by atoms with Crippen molar-refractivity contribution in [3.05, 3.63) is 40.4 Å². The number of aromatic nitrogens is 1. The van der Waals surface area contributed by atoms with Gasteiger partial charge in [0, 0.05) is 24.4 Å². The monoisotopic (exact) mass is 407 g/mol. The van der Waals surface area contributed by atoms with E-state index >= 15 is 0 Å². The Balaban J connectivity index is 1.36. The average molecular weight is 408 g/mol. The van der Waals surface area contributed by atoms with Gasteiger partial charge in [-0.2, -0.15) is 4.31 Å². The number of carbonyl (C=O) groups is 1. The molecule has 0 bridgehead atoms. The number of amides is 1. The summed E-state index contributed by atoms with van der Waals surface area (Å²) in [7, 11) is -3.18. The van der Waals surface area contributed by atoms with E-state index in [4.69, 9.17) is 4.74 Å². The van der Waals surface area contributed by atoms with E-state index in [9.17, 15) is 13.2 Å². The second kappa shape index (κ2) is 7.21. The SMILES string of the molecule is Cc1cccc(OCC(=O)Nc2nc3c(s2)CN(S(=O)(=O)C2CC2)CC3)c1. The Morgan fingerprint density at radius 3 is 2.96 bits per heavy atom. The molecule has 0 saturated heterocycles. The van der Waals surface area contributed by atoms with Crippen molar-refractivity contribution in [3.63, 3.8) is 0 Å². The highest BCUT2D eigenvalue weighted by atomic mass is 32.2. The number of nitrogens with zero attached hydrogens (tertiary/aromatic N) is 2. The highest BCUT2D eigenvalue weighted by Gasteiger charge is 2.41. The van der Waals surface area contributed by atoms with Crippen LogP contribution in [-0.2, 0) is 27.8 Å². The number of aryl methyl sites for hydroxylation is 1. The number of carbonyl (C=O) groups excluding carboxylic acids is 1. The van der Waals surface area contributed by atoms with Gasteiger partial charge in [-0.05, 0) is 37.5 Å². The summed E-state index contributed by atoms with van der Waals surface area (Å²) in [5.74, 6) is 0.356. The quantitative estimate of drug-likeness (QED) is 0.794. The largest absolute Gasteiger partial charge is 0.484 e. The number of ether oxygens (including phenoxy) is 1. The number of thiazole rings is 1. The lowest BCUT2D eigenvalue weighted by Gasteiger charge is -2.25. The van der Waals surface area contributed by atoms with Crippen molar-refractivity contribution in [1.82, 2.24) is 9.29 Å². The topological polar surface area (TPSA) is 88.6 Å². The lowest BCUT2D eigenvalue weighted by Crippen LogP contribution is -2.37. The summed E-state index contributed by atoms with van der Waals surface area (Å²) >= 11 is 1.34. The van der Waals surface area contributed by atoms with Gasteiger partial charge in [0.15, 0.2) is 11.7 Å². The first-order valence-electron chi connectivity index (χ1n) is 8.88. The fraction of sp³-hybridized carbons (Fsp3) is 0.444. The van der Waals surface area contributed by atoms with E-state index in [0.29, 0.717) is 30.4 Å². The molecule has 1 aliphatic carbocycles. The number of sulfonamides is 1. The molecule has 2 aliphatic rings. The molecule has 0 atom stereocenters. The third kappa shape index (κ3) is 4.15. The first-order valence-corrected chi connectivity index (χ1v) is 11.2. The molecule has 1 saturated carbocycles. The van der Waals surface area contributed by atoms with E-state index in [1.165, 1.54) is 11.3 Å². The molecule has 2 heterocycles. The molecule has 1 amide bonds. The summed E-state index contributed by atoms with van der Waals surface area (Å²) in [4.78, 5) is 17.5.